The Balaban J connectivity index is 1.04. The van der Waals surface area contributed by atoms with Gasteiger partial charge in [0.05, 0.1) is 24.2 Å². The standard InChI is InChI=1S/C52H54F2N6O13/c1-32(61)56-26-37-27-60(50(68)72-37)36-17-18-42(40(53)24-36)71-31-51(20-22-58(23-21-51)46-41(54)25-38-44(63)39(47(64)65)28-59(35-15-16-35)45(38)57-46)73-49(67)52(55,48(66)70-30-34-12-6-3-7-13-34)19-9-8-14-43(62)69-29-33-10-4-2-5-11-33/h2-7,10-13,17-18,24-25,28,35,37H,8-9,14-16,19-23,26-27,29-31,55H2,1H3,(H,56,61)(H,64,65)/t37-,52?/m0/s1. The number of esters is 3. The second-order valence-corrected chi connectivity index (χ2v) is 18.4. The molecule has 3 aliphatic rings. The van der Waals surface area contributed by atoms with E-state index >= 15 is 8.78 Å². The molecule has 3 aromatic carbocycles. The zero-order chi connectivity index (χ0) is 51.9. The second-order valence-electron chi connectivity index (χ2n) is 18.4. The molecule has 21 heteroatoms. The Hall–Kier alpha value is -7.94. The summed E-state index contributed by atoms with van der Waals surface area (Å²) >= 11 is 0. The molecule has 2 aliphatic heterocycles. The van der Waals surface area contributed by atoms with Gasteiger partial charge in [0.15, 0.2) is 23.2 Å². The van der Waals surface area contributed by atoms with Crippen LogP contribution in [0.2, 0.25) is 0 Å². The zero-order valence-electron chi connectivity index (χ0n) is 39.9. The Morgan fingerprint density at radius 3 is 2.19 bits per heavy atom. The Morgan fingerprint density at radius 2 is 1.56 bits per heavy atom. The normalized spacial score (nSPS) is 17.0. The molecule has 2 amide bonds. The number of anilines is 2. The van der Waals surface area contributed by atoms with Gasteiger partial charge in [0.2, 0.25) is 16.9 Å². The molecule has 0 radical (unpaired) electrons. The number of nitrogens with zero attached hydrogens (tertiary/aromatic N) is 4. The number of aromatic nitrogens is 2. The molecule has 73 heavy (non-hydrogen) atoms. The molecule has 0 spiro atoms. The van der Waals surface area contributed by atoms with Crippen LogP contribution in [0.5, 0.6) is 5.75 Å². The molecule has 2 aromatic heterocycles. The van der Waals surface area contributed by atoms with E-state index in [2.05, 4.69) is 10.3 Å². The predicted octanol–water partition coefficient (Wildman–Crippen LogP) is 5.88. The first kappa shape index (κ1) is 51.4. The number of carbonyl (C=O) groups excluding carboxylic acids is 5. The van der Waals surface area contributed by atoms with Crippen molar-refractivity contribution in [2.24, 2.45) is 5.73 Å². The Kier molecular flexibility index (Phi) is 15.7. The second kappa shape index (κ2) is 22.2. The number of carboxylic acids is 1. The number of carbonyl (C=O) groups is 6. The summed E-state index contributed by atoms with van der Waals surface area (Å²) in [4.78, 5) is 97.9. The zero-order valence-corrected chi connectivity index (χ0v) is 39.9. The number of carboxylic acid groups (broad SMARTS) is 1. The predicted molar refractivity (Wildman–Crippen MR) is 258 cm³/mol. The Labute approximate surface area is 417 Å². The van der Waals surface area contributed by atoms with Crippen LogP contribution < -0.4 is 31.0 Å². The summed E-state index contributed by atoms with van der Waals surface area (Å²) < 4.78 is 62.3. The molecule has 3 fully saturated rings. The van der Waals surface area contributed by atoms with Crippen molar-refractivity contribution >= 4 is 58.4 Å². The minimum Gasteiger partial charge on any atom is -0.486 e. The third-order valence-corrected chi connectivity index (χ3v) is 13.0. The van der Waals surface area contributed by atoms with Crippen LogP contribution in [0, 0.1) is 11.6 Å². The van der Waals surface area contributed by atoms with Gasteiger partial charge in [-0.25, -0.2) is 32.9 Å². The lowest BCUT2D eigenvalue weighted by Gasteiger charge is -2.42. The van der Waals surface area contributed by atoms with E-state index in [4.69, 9.17) is 29.4 Å². The van der Waals surface area contributed by atoms with Crippen molar-refractivity contribution in [3.63, 3.8) is 0 Å². The van der Waals surface area contributed by atoms with Crippen LogP contribution >= 0.6 is 0 Å². The molecule has 4 heterocycles. The maximum absolute atomic E-state index is 16.1. The number of benzene rings is 3. The van der Waals surface area contributed by atoms with Gasteiger partial charge in [-0.2, -0.15) is 0 Å². The summed E-state index contributed by atoms with van der Waals surface area (Å²) in [6.45, 7) is 0.576. The van der Waals surface area contributed by atoms with E-state index in [1.54, 1.807) is 39.8 Å². The monoisotopic (exact) mass is 1010 g/mol. The van der Waals surface area contributed by atoms with E-state index < -0.39 is 76.4 Å². The smallest absolute Gasteiger partial charge is 0.414 e. The summed E-state index contributed by atoms with van der Waals surface area (Å²) in [5, 5.41) is 12.1. The number of pyridine rings is 2. The lowest BCUT2D eigenvalue weighted by Crippen LogP contribution is -2.60. The van der Waals surface area contributed by atoms with E-state index in [1.165, 1.54) is 30.2 Å². The van der Waals surface area contributed by atoms with E-state index in [0.29, 0.717) is 18.4 Å². The quantitative estimate of drug-likeness (QED) is 0.0336. The fourth-order valence-corrected chi connectivity index (χ4v) is 8.64. The van der Waals surface area contributed by atoms with Gasteiger partial charge in [-0.3, -0.25) is 19.3 Å². The maximum Gasteiger partial charge on any atom is 0.414 e. The Bertz CT molecular complexity index is 2950. The lowest BCUT2D eigenvalue weighted by molar-refractivity contribution is -0.180. The van der Waals surface area contributed by atoms with Gasteiger partial charge in [0.1, 0.15) is 42.7 Å². The highest BCUT2D eigenvalue weighted by Crippen LogP contribution is 2.39. The molecule has 384 valence electrons. The van der Waals surface area contributed by atoms with Gasteiger partial charge in [-0.15, -0.1) is 0 Å². The largest absolute Gasteiger partial charge is 0.486 e. The highest BCUT2D eigenvalue weighted by molar-refractivity contribution is 6.05. The van der Waals surface area contributed by atoms with Crippen LogP contribution in [0.3, 0.4) is 0 Å². The van der Waals surface area contributed by atoms with Crippen molar-refractivity contribution in [2.45, 2.75) is 94.8 Å². The number of piperidine rings is 1. The molecule has 5 aromatic rings. The van der Waals surface area contributed by atoms with E-state index in [9.17, 15) is 38.7 Å². The van der Waals surface area contributed by atoms with E-state index in [0.717, 1.165) is 17.7 Å². The van der Waals surface area contributed by atoms with Crippen molar-refractivity contribution in [2.75, 3.05) is 42.6 Å². The SMILES string of the molecule is CC(=O)NC[C@H]1CN(c2ccc(OCC3(OC(=O)C(N)(CCCCC(=O)OCc4ccccc4)C(=O)OCc4ccccc4)CCN(c4nc5c(cc4F)c(=O)c(C(=O)O)cn5C4CC4)CC3)c(F)c2)C(=O)O1. The highest BCUT2D eigenvalue weighted by Gasteiger charge is 2.50. The van der Waals surface area contributed by atoms with E-state index in [-0.39, 0.29) is 118 Å². The summed E-state index contributed by atoms with van der Waals surface area (Å²) in [6, 6.07) is 22.3. The number of rotatable bonds is 21. The van der Waals surface area contributed by atoms with Crippen molar-refractivity contribution in [3.8, 4) is 5.75 Å². The summed E-state index contributed by atoms with van der Waals surface area (Å²) in [7, 11) is 0. The first-order valence-corrected chi connectivity index (χ1v) is 23.8. The molecule has 2 atom stereocenters. The van der Waals surface area contributed by atoms with E-state index in [1.807, 2.05) is 30.3 Å². The number of halogens is 2. The third kappa shape index (κ3) is 12.2. The molecule has 0 bridgehead atoms. The van der Waals surface area contributed by atoms with Gasteiger partial charge in [0, 0.05) is 57.6 Å². The number of unbranched alkanes of at least 4 members (excludes halogenated alkanes) is 1. The summed E-state index contributed by atoms with van der Waals surface area (Å²) in [5.74, 6) is -6.87. The maximum atomic E-state index is 16.1. The van der Waals surface area contributed by atoms with Gasteiger partial charge in [0.25, 0.3) is 0 Å². The number of nitrogens with two attached hydrogens (primary N) is 1. The molecule has 8 rings (SSSR count). The van der Waals surface area contributed by atoms with Crippen LogP contribution in [0.25, 0.3) is 11.0 Å². The molecule has 4 N–H and O–H groups in total. The van der Waals surface area contributed by atoms with Gasteiger partial charge in [-0.1, -0.05) is 60.7 Å². The third-order valence-electron chi connectivity index (χ3n) is 13.0. The van der Waals surface area contributed by atoms with Gasteiger partial charge < -0.3 is 49.3 Å². The number of hydrogen-bond donors (Lipinski definition) is 3. The van der Waals surface area contributed by atoms with Crippen LogP contribution in [0.15, 0.2) is 95.9 Å². The number of fused-ring (bicyclic) bond motifs is 1. The van der Waals surface area contributed by atoms with Crippen molar-refractivity contribution in [3.05, 3.63) is 130 Å². The molecule has 2 saturated heterocycles. The van der Waals surface area contributed by atoms with Crippen LogP contribution in [0.4, 0.5) is 25.1 Å². The van der Waals surface area contributed by atoms with Crippen molar-refractivity contribution < 1.29 is 66.3 Å². The fourth-order valence-electron chi connectivity index (χ4n) is 8.64. The number of cyclic esters (lactones) is 1. The highest BCUT2D eigenvalue weighted by atomic mass is 19.1. The average Bonchev–Trinajstić information content (AvgIpc) is 4.16. The topological polar surface area (TPSA) is 248 Å². The van der Waals surface area contributed by atoms with Crippen LogP contribution in [-0.2, 0) is 51.3 Å². The molecule has 1 aliphatic carbocycles. The molecular weight excluding hydrogens is 955 g/mol. The summed E-state index contributed by atoms with van der Waals surface area (Å²) in [6.07, 6.45) is 0.790. The first-order valence-electron chi connectivity index (χ1n) is 23.8. The Morgan fingerprint density at radius 1 is 0.890 bits per heavy atom. The molecule has 1 saturated carbocycles. The molecular formula is C52H54F2N6O13. The van der Waals surface area contributed by atoms with Crippen molar-refractivity contribution in [1.29, 1.82) is 0 Å². The number of amides is 2. The van der Waals surface area contributed by atoms with Crippen LogP contribution in [0.1, 0.15) is 85.8 Å². The van der Waals surface area contributed by atoms with Crippen LogP contribution in [-0.4, -0.2) is 101 Å². The molecule has 1 unspecified atom stereocenters. The minimum atomic E-state index is -2.44. The van der Waals surface area contributed by atoms with Gasteiger partial charge in [-0.05, 0) is 61.4 Å². The number of aromatic carboxylic acids is 1. The minimum absolute atomic E-state index is 0.0238. The first-order chi connectivity index (χ1) is 35.0. The van der Waals surface area contributed by atoms with Gasteiger partial charge >= 0.3 is 30.0 Å². The average molecular weight is 1010 g/mol. The summed E-state index contributed by atoms with van der Waals surface area (Å²) in [5.41, 5.74) is 2.87. The lowest BCUT2D eigenvalue weighted by atomic mass is 9.89. The number of hydrogen-bond acceptors (Lipinski definition) is 15. The molecule has 19 nitrogen and oxygen atoms in total. The number of ether oxygens (including phenoxy) is 5. The van der Waals surface area contributed by atoms with Crippen molar-refractivity contribution in [1.82, 2.24) is 14.9 Å². The number of nitrogens with one attached hydrogen (secondary N) is 1. The fraction of sp³-hybridized carbons (Fsp3) is 0.385.